The minimum atomic E-state index is -0.124. The molecule has 0 bridgehead atoms. The van der Waals surface area contributed by atoms with Crippen LogP contribution in [0.15, 0.2) is 0 Å². The molecule has 152 valence electrons. The maximum atomic E-state index is 11.2. The molecular formula is C18H39NO6. The van der Waals surface area contributed by atoms with Gasteiger partial charge < -0.3 is 29.0 Å². The highest BCUT2D eigenvalue weighted by Gasteiger charge is 1.99. The van der Waals surface area contributed by atoms with E-state index in [2.05, 4.69) is 19.2 Å². The molecule has 0 spiro atoms. The van der Waals surface area contributed by atoms with Gasteiger partial charge in [0.2, 0.25) is 5.91 Å². The van der Waals surface area contributed by atoms with Crippen molar-refractivity contribution in [1.82, 2.24) is 5.32 Å². The lowest BCUT2D eigenvalue weighted by Crippen LogP contribution is -2.30. The van der Waals surface area contributed by atoms with Gasteiger partial charge in [0.15, 0.2) is 0 Å². The molecule has 0 aliphatic rings. The van der Waals surface area contributed by atoms with Crippen LogP contribution < -0.4 is 5.32 Å². The van der Waals surface area contributed by atoms with Gasteiger partial charge in [0, 0.05) is 19.8 Å². The van der Waals surface area contributed by atoms with Crippen LogP contribution >= 0.6 is 0 Å². The molecule has 0 radical (unpaired) electrons. The van der Waals surface area contributed by atoms with E-state index >= 15 is 0 Å². The van der Waals surface area contributed by atoms with Gasteiger partial charge in [-0.1, -0.05) is 27.7 Å². The minimum absolute atomic E-state index is 0.0993. The molecule has 0 saturated carbocycles. The van der Waals surface area contributed by atoms with Crippen molar-refractivity contribution in [1.29, 1.82) is 0 Å². The highest BCUT2D eigenvalue weighted by atomic mass is 16.6. The Hall–Kier alpha value is -0.730. The second-order valence-corrected chi connectivity index (χ2v) is 5.29. The third-order valence-corrected chi connectivity index (χ3v) is 2.57. The van der Waals surface area contributed by atoms with Crippen molar-refractivity contribution in [2.45, 2.75) is 34.6 Å². The number of rotatable bonds is 17. The molecule has 0 aliphatic heterocycles. The Balaban J connectivity index is 0. The summed E-state index contributed by atoms with van der Waals surface area (Å²) in [6.45, 7) is 15.7. The first-order valence-electron chi connectivity index (χ1n) is 9.32. The van der Waals surface area contributed by atoms with E-state index in [1.165, 1.54) is 0 Å². The number of hydrogen-bond acceptors (Lipinski definition) is 6. The fourth-order valence-corrected chi connectivity index (χ4v) is 1.49. The smallest absolute Gasteiger partial charge is 0.246 e. The molecule has 0 fully saturated rings. The zero-order chi connectivity index (χ0) is 19.2. The minimum Gasteiger partial charge on any atom is -0.379 e. The number of ether oxygens (including phenoxy) is 5. The summed E-state index contributed by atoms with van der Waals surface area (Å²) in [4.78, 5) is 11.2. The van der Waals surface area contributed by atoms with Crippen LogP contribution in [0, 0.1) is 5.92 Å². The van der Waals surface area contributed by atoms with Crippen LogP contribution in [-0.4, -0.2) is 78.5 Å². The highest BCUT2D eigenvalue weighted by molar-refractivity contribution is 5.77. The molecule has 1 amide bonds. The number of hydrogen-bond donors (Lipinski definition) is 1. The molecule has 0 unspecified atom stereocenters. The maximum absolute atomic E-state index is 11.2. The van der Waals surface area contributed by atoms with Crippen LogP contribution in [0.4, 0.5) is 0 Å². The summed E-state index contributed by atoms with van der Waals surface area (Å²) in [6, 6.07) is 0. The predicted molar refractivity (Wildman–Crippen MR) is 99.0 cm³/mol. The molecule has 0 saturated heterocycles. The molecule has 0 aromatic carbocycles. The van der Waals surface area contributed by atoms with Crippen LogP contribution in [0.5, 0.6) is 0 Å². The van der Waals surface area contributed by atoms with E-state index in [0.29, 0.717) is 65.3 Å². The topological polar surface area (TPSA) is 75.3 Å². The van der Waals surface area contributed by atoms with E-state index in [1.807, 2.05) is 20.8 Å². The van der Waals surface area contributed by atoms with Crippen LogP contribution in [0.3, 0.4) is 0 Å². The summed E-state index contributed by atoms with van der Waals surface area (Å²) < 4.78 is 26.4. The Labute approximate surface area is 153 Å². The van der Waals surface area contributed by atoms with Crippen molar-refractivity contribution >= 4 is 5.91 Å². The number of nitrogens with one attached hydrogen (secondary N) is 1. The zero-order valence-electron chi connectivity index (χ0n) is 16.8. The Morgan fingerprint density at radius 1 is 0.800 bits per heavy atom. The summed E-state index contributed by atoms with van der Waals surface area (Å²) in [6.07, 6.45) is 0. The average Bonchev–Trinajstić information content (AvgIpc) is 2.61. The first-order valence-corrected chi connectivity index (χ1v) is 9.32. The predicted octanol–water partition coefficient (Wildman–Crippen LogP) is 1.89. The van der Waals surface area contributed by atoms with E-state index in [1.54, 1.807) is 0 Å². The third kappa shape index (κ3) is 25.6. The van der Waals surface area contributed by atoms with Gasteiger partial charge in [0.25, 0.3) is 0 Å². The van der Waals surface area contributed by atoms with Gasteiger partial charge in [-0.2, -0.15) is 0 Å². The highest BCUT2D eigenvalue weighted by Crippen LogP contribution is 1.91. The second-order valence-electron chi connectivity index (χ2n) is 5.29. The molecule has 0 aliphatic carbocycles. The Bertz CT molecular complexity index is 264. The molecule has 0 heterocycles. The zero-order valence-corrected chi connectivity index (χ0v) is 16.8. The van der Waals surface area contributed by atoms with Gasteiger partial charge >= 0.3 is 0 Å². The molecule has 0 aromatic rings. The Morgan fingerprint density at radius 2 is 1.28 bits per heavy atom. The fourth-order valence-electron chi connectivity index (χ4n) is 1.49. The first kappa shape index (κ1) is 26.5. The Kier molecular flexibility index (Phi) is 24.7. The van der Waals surface area contributed by atoms with Gasteiger partial charge in [0.1, 0.15) is 6.61 Å². The monoisotopic (exact) mass is 365 g/mol. The molecule has 0 aromatic heterocycles. The second kappa shape index (κ2) is 23.3. The quantitative estimate of drug-likeness (QED) is 0.397. The lowest BCUT2D eigenvalue weighted by atomic mass is 10.2. The fraction of sp³-hybridized carbons (Fsp3) is 0.944. The van der Waals surface area contributed by atoms with Crippen LogP contribution in [-0.2, 0) is 28.5 Å². The SMILES string of the molecule is CC.CCOCC(=O)NCCOCCOCCOCCOCC(C)C. The summed E-state index contributed by atoms with van der Waals surface area (Å²) in [5.41, 5.74) is 0. The molecule has 7 nitrogen and oxygen atoms in total. The van der Waals surface area contributed by atoms with E-state index in [-0.39, 0.29) is 12.5 Å². The molecule has 25 heavy (non-hydrogen) atoms. The average molecular weight is 366 g/mol. The van der Waals surface area contributed by atoms with Crippen molar-refractivity contribution in [3.05, 3.63) is 0 Å². The van der Waals surface area contributed by atoms with Crippen molar-refractivity contribution in [3.63, 3.8) is 0 Å². The van der Waals surface area contributed by atoms with Crippen molar-refractivity contribution in [3.8, 4) is 0 Å². The van der Waals surface area contributed by atoms with Crippen LogP contribution in [0.1, 0.15) is 34.6 Å². The summed E-state index contributed by atoms with van der Waals surface area (Å²) in [5, 5.41) is 2.70. The van der Waals surface area contributed by atoms with E-state index in [9.17, 15) is 4.79 Å². The van der Waals surface area contributed by atoms with Gasteiger partial charge in [-0.05, 0) is 12.8 Å². The van der Waals surface area contributed by atoms with Crippen molar-refractivity contribution in [2.24, 2.45) is 5.92 Å². The number of amides is 1. The van der Waals surface area contributed by atoms with E-state index < -0.39 is 0 Å². The van der Waals surface area contributed by atoms with Gasteiger partial charge in [-0.15, -0.1) is 0 Å². The van der Waals surface area contributed by atoms with Gasteiger partial charge in [0.05, 0.1) is 46.2 Å². The number of carbonyl (C=O) groups is 1. The lowest BCUT2D eigenvalue weighted by molar-refractivity contribution is -0.125. The third-order valence-electron chi connectivity index (χ3n) is 2.57. The van der Waals surface area contributed by atoms with Gasteiger partial charge in [-0.25, -0.2) is 0 Å². The molecule has 0 atom stereocenters. The summed E-state index contributed by atoms with van der Waals surface area (Å²) >= 11 is 0. The summed E-state index contributed by atoms with van der Waals surface area (Å²) in [5.74, 6) is 0.428. The standard InChI is InChI=1S/C16H33NO6.C2H6/c1-4-19-14-16(18)17-5-6-20-7-8-21-9-10-22-11-12-23-13-15(2)3;1-2/h15H,4-14H2,1-3H3,(H,17,18);1-2H3. The van der Waals surface area contributed by atoms with E-state index in [4.69, 9.17) is 23.7 Å². The lowest BCUT2D eigenvalue weighted by Gasteiger charge is -2.09. The summed E-state index contributed by atoms with van der Waals surface area (Å²) in [7, 11) is 0. The normalized spacial score (nSPS) is 10.5. The van der Waals surface area contributed by atoms with Crippen molar-refractivity contribution < 1.29 is 28.5 Å². The molecule has 0 rings (SSSR count). The number of carbonyl (C=O) groups excluding carboxylic acids is 1. The van der Waals surface area contributed by atoms with Crippen LogP contribution in [0.2, 0.25) is 0 Å². The molecular weight excluding hydrogens is 326 g/mol. The first-order chi connectivity index (χ1) is 12.2. The van der Waals surface area contributed by atoms with Gasteiger partial charge in [-0.3, -0.25) is 4.79 Å². The van der Waals surface area contributed by atoms with Crippen LogP contribution in [0.25, 0.3) is 0 Å². The molecule has 1 N–H and O–H groups in total. The maximum Gasteiger partial charge on any atom is 0.246 e. The Morgan fingerprint density at radius 3 is 1.76 bits per heavy atom. The van der Waals surface area contributed by atoms with Crippen molar-refractivity contribution in [2.75, 3.05) is 72.6 Å². The molecule has 7 heteroatoms. The van der Waals surface area contributed by atoms with E-state index in [0.717, 1.165) is 6.61 Å². The largest absolute Gasteiger partial charge is 0.379 e.